The lowest BCUT2D eigenvalue weighted by atomic mass is 10.0. The van der Waals surface area contributed by atoms with Crippen molar-refractivity contribution in [2.45, 2.75) is 25.3 Å². The topological polar surface area (TPSA) is 102 Å². The lowest BCUT2D eigenvalue weighted by molar-refractivity contribution is -0.122. The maximum absolute atomic E-state index is 12.8. The van der Waals surface area contributed by atoms with E-state index in [4.69, 9.17) is 4.98 Å². The first-order valence-corrected chi connectivity index (χ1v) is 10.9. The molecule has 2 aromatic heterocycles. The van der Waals surface area contributed by atoms with Gasteiger partial charge in [-0.1, -0.05) is 42.5 Å². The Kier molecular flexibility index (Phi) is 7.04. The number of para-hydroxylation sites is 2. The van der Waals surface area contributed by atoms with Crippen LogP contribution in [0.5, 0.6) is 0 Å². The van der Waals surface area contributed by atoms with Gasteiger partial charge in [-0.3, -0.25) is 14.6 Å². The van der Waals surface area contributed by atoms with Crippen molar-refractivity contribution in [1.29, 1.82) is 0 Å². The van der Waals surface area contributed by atoms with Crippen molar-refractivity contribution in [1.82, 2.24) is 30.2 Å². The van der Waals surface area contributed by atoms with E-state index in [9.17, 15) is 9.59 Å². The molecule has 2 aromatic carbocycles. The fourth-order valence-corrected chi connectivity index (χ4v) is 3.76. The Labute approximate surface area is 192 Å². The minimum absolute atomic E-state index is 0.0864. The predicted octanol–water partition coefficient (Wildman–Crippen LogP) is 2.97. The van der Waals surface area contributed by atoms with Gasteiger partial charge in [-0.25, -0.2) is 9.97 Å². The zero-order valence-electron chi connectivity index (χ0n) is 18.4. The van der Waals surface area contributed by atoms with Gasteiger partial charge in [0.05, 0.1) is 23.3 Å². The zero-order chi connectivity index (χ0) is 23.0. The van der Waals surface area contributed by atoms with Gasteiger partial charge in [0.15, 0.2) is 0 Å². The number of carbonyl (C=O) groups excluding carboxylic acids is 2. The number of nitrogens with zero attached hydrogens (tertiary/aromatic N) is 4. The second kappa shape index (κ2) is 10.5. The summed E-state index contributed by atoms with van der Waals surface area (Å²) in [4.78, 5) is 37.5. The van der Waals surface area contributed by atoms with Gasteiger partial charge >= 0.3 is 0 Å². The lowest BCUT2D eigenvalue weighted by Gasteiger charge is -2.19. The van der Waals surface area contributed by atoms with Crippen LogP contribution >= 0.6 is 0 Å². The Morgan fingerprint density at radius 1 is 1.03 bits per heavy atom. The van der Waals surface area contributed by atoms with Gasteiger partial charge in [-0.2, -0.15) is 0 Å². The van der Waals surface area contributed by atoms with E-state index in [1.165, 1.54) is 18.6 Å². The summed E-state index contributed by atoms with van der Waals surface area (Å²) in [7, 11) is 1.97. The van der Waals surface area contributed by atoms with Crippen LogP contribution in [0.25, 0.3) is 11.0 Å². The predicted molar refractivity (Wildman–Crippen MR) is 125 cm³/mol. The van der Waals surface area contributed by atoms with E-state index in [1.807, 2.05) is 66.2 Å². The molecular formula is C25H26N6O2. The van der Waals surface area contributed by atoms with Gasteiger partial charge in [-0.05, 0) is 30.5 Å². The van der Waals surface area contributed by atoms with Crippen LogP contribution in [0.2, 0.25) is 0 Å². The minimum Gasteiger partial charge on any atom is -0.351 e. The summed E-state index contributed by atoms with van der Waals surface area (Å²) in [5, 5.41) is 5.91. The number of fused-ring (bicyclic) bond motifs is 1. The first kappa shape index (κ1) is 22.1. The average molecular weight is 443 g/mol. The molecule has 2 N–H and O–H groups in total. The summed E-state index contributed by atoms with van der Waals surface area (Å²) >= 11 is 0. The number of hydrogen-bond donors (Lipinski definition) is 2. The van der Waals surface area contributed by atoms with Gasteiger partial charge in [0.25, 0.3) is 5.91 Å². The lowest BCUT2D eigenvalue weighted by Crippen LogP contribution is -2.32. The van der Waals surface area contributed by atoms with Crippen LogP contribution in [0, 0.1) is 0 Å². The summed E-state index contributed by atoms with van der Waals surface area (Å²) in [6.07, 6.45) is 5.82. The molecule has 0 saturated heterocycles. The molecule has 0 aliphatic heterocycles. The summed E-state index contributed by atoms with van der Waals surface area (Å²) in [6.45, 7) is 0.373. The molecule has 2 heterocycles. The first-order valence-electron chi connectivity index (χ1n) is 10.9. The molecule has 0 bridgehead atoms. The Balaban J connectivity index is 1.40. The zero-order valence-corrected chi connectivity index (χ0v) is 18.4. The van der Waals surface area contributed by atoms with E-state index >= 15 is 0 Å². The monoisotopic (exact) mass is 442 g/mol. The number of carbonyl (C=O) groups is 2. The average Bonchev–Trinajstić information content (AvgIpc) is 3.19. The van der Waals surface area contributed by atoms with Gasteiger partial charge in [0, 0.05) is 32.4 Å². The number of imidazole rings is 1. The van der Waals surface area contributed by atoms with Crippen molar-refractivity contribution in [2.24, 2.45) is 7.05 Å². The highest BCUT2D eigenvalue weighted by Gasteiger charge is 2.21. The van der Waals surface area contributed by atoms with Gasteiger partial charge in [-0.15, -0.1) is 0 Å². The quantitative estimate of drug-likeness (QED) is 0.388. The summed E-state index contributed by atoms with van der Waals surface area (Å²) < 4.78 is 2.03. The number of rotatable bonds is 9. The summed E-state index contributed by atoms with van der Waals surface area (Å²) in [5.74, 6) is 0.422. The van der Waals surface area contributed by atoms with Crippen LogP contribution in [-0.2, 0) is 18.3 Å². The number of amides is 2. The Bertz CT molecular complexity index is 1220. The fraction of sp³-hybridized carbons (Fsp3) is 0.240. The number of benzene rings is 2. The molecule has 4 rings (SSSR count). The molecule has 8 nitrogen and oxygen atoms in total. The van der Waals surface area contributed by atoms with Crippen LogP contribution in [0.1, 0.15) is 40.8 Å². The van der Waals surface area contributed by atoms with E-state index in [0.717, 1.165) is 22.4 Å². The minimum atomic E-state index is -0.301. The van der Waals surface area contributed by atoms with Crippen molar-refractivity contribution >= 4 is 22.8 Å². The Morgan fingerprint density at radius 2 is 1.82 bits per heavy atom. The molecule has 1 atom stereocenters. The number of hydrogen-bond acceptors (Lipinski definition) is 5. The standard InChI is InChI=1S/C25H26N6O2/c1-31-22-11-6-5-10-19(22)30-24(31)20(16-18-8-3-2-4-9-18)29-23(32)12-7-13-28-25(33)21-17-26-14-15-27-21/h2-6,8-11,14-15,17,20H,7,12-13,16H2,1H3,(H,28,33)(H,29,32)/t20-/m0/s1. The fourth-order valence-electron chi connectivity index (χ4n) is 3.76. The van der Waals surface area contributed by atoms with E-state index in [-0.39, 0.29) is 30.0 Å². The third-order valence-corrected chi connectivity index (χ3v) is 5.41. The molecule has 4 aromatic rings. The number of aryl methyl sites for hydroxylation is 1. The molecule has 0 aliphatic carbocycles. The molecule has 0 fully saturated rings. The van der Waals surface area contributed by atoms with Crippen molar-refractivity contribution < 1.29 is 9.59 Å². The third-order valence-electron chi connectivity index (χ3n) is 5.41. The normalized spacial score (nSPS) is 11.8. The highest BCUT2D eigenvalue weighted by atomic mass is 16.2. The van der Waals surface area contributed by atoms with Crippen LogP contribution in [0.3, 0.4) is 0 Å². The molecule has 0 unspecified atom stereocenters. The maximum atomic E-state index is 12.8. The largest absolute Gasteiger partial charge is 0.351 e. The molecule has 0 radical (unpaired) electrons. The first-order chi connectivity index (χ1) is 16.1. The maximum Gasteiger partial charge on any atom is 0.271 e. The van der Waals surface area contributed by atoms with Crippen LogP contribution in [0.4, 0.5) is 0 Å². The van der Waals surface area contributed by atoms with Gasteiger partial charge < -0.3 is 15.2 Å². The third kappa shape index (κ3) is 5.60. The van der Waals surface area contributed by atoms with E-state index < -0.39 is 0 Å². The van der Waals surface area contributed by atoms with Crippen molar-refractivity contribution in [3.05, 3.63) is 90.3 Å². The Morgan fingerprint density at radius 3 is 2.58 bits per heavy atom. The number of aromatic nitrogens is 4. The molecule has 0 saturated carbocycles. The molecule has 2 amide bonds. The van der Waals surface area contributed by atoms with Gasteiger partial charge in [0.2, 0.25) is 5.91 Å². The summed E-state index contributed by atoms with van der Waals surface area (Å²) in [5.41, 5.74) is 3.29. The molecule has 168 valence electrons. The van der Waals surface area contributed by atoms with Crippen molar-refractivity contribution in [3.63, 3.8) is 0 Å². The second-order valence-electron chi connectivity index (χ2n) is 7.78. The summed E-state index contributed by atoms with van der Waals surface area (Å²) in [6, 6.07) is 17.7. The van der Waals surface area contributed by atoms with E-state index in [1.54, 1.807) is 0 Å². The molecular weight excluding hydrogens is 416 g/mol. The highest BCUT2D eigenvalue weighted by Crippen LogP contribution is 2.22. The smallest absolute Gasteiger partial charge is 0.271 e. The molecule has 8 heteroatoms. The van der Waals surface area contributed by atoms with Crippen molar-refractivity contribution in [3.8, 4) is 0 Å². The van der Waals surface area contributed by atoms with Gasteiger partial charge in [0.1, 0.15) is 11.5 Å². The molecule has 0 spiro atoms. The SMILES string of the molecule is Cn1c([C@H](Cc2ccccc2)NC(=O)CCCNC(=O)c2cnccn2)nc2ccccc21. The van der Waals surface area contributed by atoms with Crippen molar-refractivity contribution in [2.75, 3.05) is 6.54 Å². The van der Waals surface area contributed by atoms with Crippen LogP contribution in [0.15, 0.2) is 73.2 Å². The highest BCUT2D eigenvalue weighted by molar-refractivity contribution is 5.91. The van der Waals surface area contributed by atoms with Crippen LogP contribution < -0.4 is 10.6 Å². The Hall–Kier alpha value is -4.07. The second-order valence-corrected chi connectivity index (χ2v) is 7.78. The van der Waals surface area contributed by atoms with E-state index in [2.05, 4.69) is 20.6 Å². The molecule has 0 aliphatic rings. The molecule has 33 heavy (non-hydrogen) atoms. The van der Waals surface area contributed by atoms with E-state index in [0.29, 0.717) is 19.4 Å². The number of nitrogens with one attached hydrogen (secondary N) is 2. The van der Waals surface area contributed by atoms with Crippen LogP contribution in [-0.4, -0.2) is 37.9 Å².